The van der Waals surface area contributed by atoms with Crippen molar-refractivity contribution in [2.45, 2.75) is 51.7 Å². The van der Waals surface area contributed by atoms with E-state index in [1.807, 2.05) is 60.7 Å². The summed E-state index contributed by atoms with van der Waals surface area (Å²) in [4.78, 5) is 37.1. The molecule has 0 saturated carbocycles. The van der Waals surface area contributed by atoms with E-state index < -0.39 is 29.6 Å². The molecule has 172 valence electrons. The molecule has 0 aliphatic carbocycles. The Labute approximate surface area is 189 Å². The number of hydrogen-bond donors (Lipinski definition) is 2. The third kappa shape index (κ3) is 8.06. The van der Waals surface area contributed by atoms with Gasteiger partial charge < -0.3 is 14.8 Å². The van der Waals surface area contributed by atoms with E-state index >= 15 is 0 Å². The Morgan fingerprint density at radius 2 is 1.44 bits per heavy atom. The number of esters is 1. The van der Waals surface area contributed by atoms with Crippen molar-refractivity contribution in [1.82, 2.24) is 10.6 Å². The maximum absolute atomic E-state index is 12.7. The van der Waals surface area contributed by atoms with Crippen molar-refractivity contribution in [3.8, 4) is 0 Å². The number of amides is 2. The average Bonchev–Trinajstić information content (AvgIpc) is 2.75. The first-order valence-electron chi connectivity index (χ1n) is 10.7. The molecule has 7 heteroatoms. The molecule has 2 aromatic rings. The predicted octanol–water partition coefficient (Wildman–Crippen LogP) is 3.78. The molecule has 2 rings (SSSR count). The molecule has 0 aliphatic rings. The van der Waals surface area contributed by atoms with Gasteiger partial charge in [0.2, 0.25) is 6.04 Å². The average molecular weight is 441 g/mol. The van der Waals surface area contributed by atoms with Gasteiger partial charge in [-0.15, -0.1) is 0 Å². The molecule has 0 heterocycles. The number of ether oxygens (including phenoxy) is 2. The fourth-order valence-corrected chi connectivity index (χ4v) is 3.22. The molecule has 0 aromatic heterocycles. The third-order valence-electron chi connectivity index (χ3n) is 4.58. The van der Waals surface area contributed by atoms with Gasteiger partial charge in [0.1, 0.15) is 5.60 Å². The van der Waals surface area contributed by atoms with Gasteiger partial charge in [0.05, 0.1) is 6.61 Å². The summed E-state index contributed by atoms with van der Waals surface area (Å²) in [6.07, 6.45) is -0.251. The highest BCUT2D eigenvalue weighted by Crippen LogP contribution is 2.27. The van der Waals surface area contributed by atoms with E-state index in [0.29, 0.717) is 13.0 Å². The predicted molar refractivity (Wildman–Crippen MR) is 122 cm³/mol. The van der Waals surface area contributed by atoms with Crippen LogP contribution in [0.15, 0.2) is 60.7 Å². The monoisotopic (exact) mass is 440 g/mol. The van der Waals surface area contributed by atoms with Crippen molar-refractivity contribution in [2.75, 3.05) is 13.2 Å². The van der Waals surface area contributed by atoms with Gasteiger partial charge >= 0.3 is 12.1 Å². The summed E-state index contributed by atoms with van der Waals surface area (Å²) in [6, 6.07) is 18.5. The maximum Gasteiger partial charge on any atom is 0.408 e. The molecule has 2 N–H and O–H groups in total. The van der Waals surface area contributed by atoms with Crippen molar-refractivity contribution < 1.29 is 23.9 Å². The van der Waals surface area contributed by atoms with Crippen LogP contribution in [0.5, 0.6) is 0 Å². The third-order valence-corrected chi connectivity index (χ3v) is 4.58. The summed E-state index contributed by atoms with van der Waals surface area (Å²) in [5.41, 5.74) is 1.49. The van der Waals surface area contributed by atoms with Gasteiger partial charge in [-0.1, -0.05) is 60.7 Å². The SMILES string of the molecule is CCOC(=O)C(NC(=O)OC(C)(C)C)C(=O)NCCC(c1ccccc1)c1ccccc1. The molecule has 1 unspecified atom stereocenters. The largest absolute Gasteiger partial charge is 0.464 e. The smallest absolute Gasteiger partial charge is 0.408 e. The van der Waals surface area contributed by atoms with E-state index in [-0.39, 0.29) is 12.5 Å². The van der Waals surface area contributed by atoms with Crippen molar-refractivity contribution in [3.05, 3.63) is 71.8 Å². The van der Waals surface area contributed by atoms with Crippen molar-refractivity contribution in [1.29, 1.82) is 0 Å². The number of benzene rings is 2. The number of nitrogens with one attached hydrogen (secondary N) is 2. The zero-order valence-corrected chi connectivity index (χ0v) is 19.1. The summed E-state index contributed by atoms with van der Waals surface area (Å²) in [7, 11) is 0. The zero-order valence-electron chi connectivity index (χ0n) is 19.1. The summed E-state index contributed by atoms with van der Waals surface area (Å²) in [5.74, 6) is -1.41. The number of alkyl carbamates (subject to hydrolysis) is 1. The highest BCUT2D eigenvalue weighted by molar-refractivity contribution is 6.04. The fraction of sp³-hybridized carbons (Fsp3) is 0.400. The fourth-order valence-electron chi connectivity index (χ4n) is 3.22. The van der Waals surface area contributed by atoms with Crippen molar-refractivity contribution >= 4 is 18.0 Å². The maximum atomic E-state index is 12.7. The zero-order chi connectivity index (χ0) is 23.6. The van der Waals surface area contributed by atoms with E-state index in [0.717, 1.165) is 11.1 Å². The van der Waals surface area contributed by atoms with Crippen molar-refractivity contribution in [3.63, 3.8) is 0 Å². The van der Waals surface area contributed by atoms with E-state index in [1.54, 1.807) is 27.7 Å². The second-order valence-electron chi connectivity index (χ2n) is 8.28. The molecule has 2 aromatic carbocycles. The van der Waals surface area contributed by atoms with Gasteiger partial charge in [-0.05, 0) is 45.2 Å². The molecule has 0 radical (unpaired) electrons. The van der Waals surface area contributed by atoms with E-state index in [2.05, 4.69) is 10.6 Å². The van der Waals surface area contributed by atoms with Crippen LogP contribution in [-0.2, 0) is 19.1 Å². The lowest BCUT2D eigenvalue weighted by Gasteiger charge is -2.23. The minimum Gasteiger partial charge on any atom is -0.464 e. The molecule has 2 amide bonds. The van der Waals surface area contributed by atoms with Gasteiger partial charge in [-0.2, -0.15) is 0 Å². The van der Waals surface area contributed by atoms with Crippen LogP contribution in [0.4, 0.5) is 4.79 Å². The normalized spacial score (nSPS) is 12.0. The molecule has 0 spiro atoms. The molecule has 0 fully saturated rings. The minimum absolute atomic E-state index is 0.0672. The standard InChI is InChI=1S/C25H32N2O5/c1-5-31-23(29)21(27-24(30)32-25(2,3)4)22(28)26-17-16-20(18-12-8-6-9-13-18)19-14-10-7-11-15-19/h6-15,20-21H,5,16-17H2,1-4H3,(H,26,28)(H,27,30). The van der Waals surface area contributed by atoms with Gasteiger partial charge in [0.15, 0.2) is 0 Å². The van der Waals surface area contributed by atoms with Crippen LogP contribution in [0.25, 0.3) is 0 Å². The van der Waals surface area contributed by atoms with Gasteiger partial charge in [-0.25, -0.2) is 9.59 Å². The Bertz CT molecular complexity index is 839. The Hall–Kier alpha value is -3.35. The lowest BCUT2D eigenvalue weighted by molar-refractivity contribution is -0.149. The Morgan fingerprint density at radius 1 is 0.906 bits per heavy atom. The quantitative estimate of drug-likeness (QED) is 0.457. The molecule has 32 heavy (non-hydrogen) atoms. The number of rotatable bonds is 9. The molecule has 0 saturated heterocycles. The topological polar surface area (TPSA) is 93.7 Å². The Morgan fingerprint density at radius 3 is 1.91 bits per heavy atom. The molecule has 7 nitrogen and oxygen atoms in total. The highest BCUT2D eigenvalue weighted by Gasteiger charge is 2.31. The van der Waals surface area contributed by atoms with Crippen LogP contribution in [-0.4, -0.2) is 42.8 Å². The van der Waals surface area contributed by atoms with E-state index in [1.165, 1.54) is 0 Å². The summed E-state index contributed by atoms with van der Waals surface area (Å²) in [5, 5.41) is 5.06. The molecule has 1 atom stereocenters. The van der Waals surface area contributed by atoms with Crippen LogP contribution in [0.2, 0.25) is 0 Å². The van der Waals surface area contributed by atoms with Gasteiger partial charge in [0, 0.05) is 12.5 Å². The van der Waals surface area contributed by atoms with Gasteiger partial charge in [0.25, 0.3) is 5.91 Å². The Balaban J connectivity index is 2.06. The first-order valence-corrected chi connectivity index (χ1v) is 10.7. The Kier molecular flexibility index (Phi) is 9.25. The van der Waals surface area contributed by atoms with Crippen LogP contribution < -0.4 is 10.6 Å². The first-order chi connectivity index (χ1) is 15.2. The number of hydrogen-bond acceptors (Lipinski definition) is 5. The molecule has 0 bridgehead atoms. The van der Waals surface area contributed by atoms with Crippen molar-refractivity contribution in [2.24, 2.45) is 0 Å². The summed E-state index contributed by atoms with van der Waals surface area (Å²) >= 11 is 0. The van der Waals surface area contributed by atoms with Crippen LogP contribution in [0.1, 0.15) is 51.2 Å². The van der Waals surface area contributed by atoms with Crippen LogP contribution >= 0.6 is 0 Å². The molecular formula is C25H32N2O5. The van der Waals surface area contributed by atoms with Crippen LogP contribution in [0, 0.1) is 0 Å². The van der Waals surface area contributed by atoms with E-state index in [9.17, 15) is 14.4 Å². The van der Waals surface area contributed by atoms with E-state index in [4.69, 9.17) is 9.47 Å². The summed E-state index contributed by atoms with van der Waals surface area (Å²) < 4.78 is 10.1. The first kappa shape index (κ1) is 24.9. The minimum atomic E-state index is -1.49. The molecule has 0 aliphatic heterocycles. The molecular weight excluding hydrogens is 408 g/mol. The van der Waals surface area contributed by atoms with Gasteiger partial charge in [-0.3, -0.25) is 10.1 Å². The highest BCUT2D eigenvalue weighted by atomic mass is 16.6. The summed E-state index contributed by atoms with van der Waals surface area (Å²) in [6.45, 7) is 7.10. The number of carbonyl (C=O) groups excluding carboxylic acids is 3. The lowest BCUT2D eigenvalue weighted by Crippen LogP contribution is -2.53. The number of carbonyl (C=O) groups is 3. The van der Waals surface area contributed by atoms with Crippen LogP contribution in [0.3, 0.4) is 0 Å². The second kappa shape index (κ2) is 11.9. The second-order valence-corrected chi connectivity index (χ2v) is 8.28. The lowest BCUT2D eigenvalue weighted by atomic mass is 9.88.